The highest BCUT2D eigenvalue weighted by atomic mass is 32.2. The van der Waals surface area contributed by atoms with Gasteiger partial charge in [0.2, 0.25) is 5.91 Å². The highest BCUT2D eigenvalue weighted by molar-refractivity contribution is 7.90. The molecule has 0 aliphatic carbocycles. The van der Waals surface area contributed by atoms with E-state index in [9.17, 15) is 18.5 Å². The summed E-state index contributed by atoms with van der Waals surface area (Å²) in [4.78, 5) is 19.5. The first-order valence-electron chi connectivity index (χ1n) is 10.9. The van der Waals surface area contributed by atoms with Gasteiger partial charge in [0.25, 0.3) is 10.0 Å². The lowest BCUT2D eigenvalue weighted by molar-refractivity contribution is -0.138. The first-order chi connectivity index (χ1) is 14.8. The number of carbonyl (C=O) groups is 1. The van der Waals surface area contributed by atoms with E-state index in [1.165, 1.54) is 0 Å². The maximum Gasteiger partial charge on any atom is 0.285 e. The van der Waals surface area contributed by atoms with Gasteiger partial charge in [0.05, 0.1) is 12.0 Å². The molecule has 8 nitrogen and oxygen atoms in total. The number of piperazine rings is 1. The normalized spacial score (nSPS) is 24.5. The second-order valence-electron chi connectivity index (χ2n) is 8.85. The molecule has 3 aliphatic rings. The van der Waals surface area contributed by atoms with Crippen LogP contribution in [0.5, 0.6) is 0 Å². The number of nitrogens with zero attached hydrogens (tertiary/aromatic N) is 5. The minimum Gasteiger partial charge on any atom is -0.355 e. The van der Waals surface area contributed by atoms with Crippen molar-refractivity contribution in [1.29, 1.82) is 5.26 Å². The molecule has 166 valence electrons. The predicted octanol–water partition coefficient (Wildman–Crippen LogP) is 1.54. The molecule has 4 rings (SSSR count). The molecular weight excluding hydrogens is 414 g/mol. The molecule has 2 unspecified atom stereocenters. The monoisotopic (exact) mass is 443 g/mol. The van der Waals surface area contributed by atoms with Gasteiger partial charge < -0.3 is 9.80 Å². The number of carbonyl (C=O) groups excluding carboxylic acids is 1. The van der Waals surface area contributed by atoms with E-state index in [4.69, 9.17) is 0 Å². The molecule has 9 heteroatoms. The lowest BCUT2D eigenvalue weighted by Crippen LogP contribution is -2.55. The van der Waals surface area contributed by atoms with Crippen LogP contribution in [0.1, 0.15) is 32.3 Å². The van der Waals surface area contributed by atoms with E-state index in [-0.39, 0.29) is 28.7 Å². The molecule has 31 heavy (non-hydrogen) atoms. The van der Waals surface area contributed by atoms with Crippen molar-refractivity contribution in [3.05, 3.63) is 29.8 Å². The van der Waals surface area contributed by atoms with Crippen LogP contribution in [-0.4, -0.2) is 80.2 Å². The molecule has 1 amide bonds. The standard InChI is InChI=1S/C22H29N5O3S/c1-16(2)19(14-23)25-10-12-26(13-11-25)22(28)17-6-5-9-27(15-17)21-18-7-3-4-8-20(18)31(29,30)24-21/h3-4,7-8,16-17,19H,5-6,9-13,15H2,1-2H3. The summed E-state index contributed by atoms with van der Waals surface area (Å²) in [7, 11) is -3.67. The molecule has 1 aromatic rings. The molecule has 0 radical (unpaired) electrons. The van der Waals surface area contributed by atoms with Gasteiger partial charge in [-0.1, -0.05) is 26.0 Å². The van der Waals surface area contributed by atoms with E-state index >= 15 is 0 Å². The van der Waals surface area contributed by atoms with Crippen molar-refractivity contribution in [2.45, 2.75) is 37.6 Å². The number of sulfonamides is 1. The van der Waals surface area contributed by atoms with Crippen LogP contribution in [0.3, 0.4) is 0 Å². The average molecular weight is 444 g/mol. The zero-order chi connectivity index (χ0) is 22.2. The molecule has 3 heterocycles. The number of fused-ring (bicyclic) bond motifs is 1. The molecule has 0 aromatic heterocycles. The second kappa shape index (κ2) is 8.60. The summed E-state index contributed by atoms with van der Waals surface area (Å²) in [5.41, 5.74) is 0.625. The molecular formula is C22H29N5O3S. The Morgan fingerprint density at radius 3 is 2.55 bits per heavy atom. The van der Waals surface area contributed by atoms with E-state index in [0.717, 1.165) is 12.8 Å². The van der Waals surface area contributed by atoms with Crippen LogP contribution < -0.4 is 0 Å². The number of rotatable bonds is 3. The molecule has 2 fully saturated rings. The van der Waals surface area contributed by atoms with E-state index < -0.39 is 10.0 Å². The number of benzene rings is 1. The number of amides is 1. The molecule has 0 bridgehead atoms. The van der Waals surface area contributed by atoms with Crippen molar-refractivity contribution in [1.82, 2.24) is 14.7 Å². The molecule has 2 saturated heterocycles. The van der Waals surface area contributed by atoms with Gasteiger partial charge >= 0.3 is 0 Å². The number of likely N-dealkylation sites (tertiary alicyclic amines) is 1. The summed E-state index contributed by atoms with van der Waals surface area (Å²) in [6.07, 6.45) is 1.62. The van der Waals surface area contributed by atoms with E-state index in [0.29, 0.717) is 50.7 Å². The number of nitriles is 1. The van der Waals surface area contributed by atoms with Crippen LogP contribution >= 0.6 is 0 Å². The average Bonchev–Trinajstić information content (AvgIpc) is 3.05. The fourth-order valence-electron chi connectivity index (χ4n) is 4.82. The quantitative estimate of drug-likeness (QED) is 0.703. The fourth-order valence-corrected chi connectivity index (χ4v) is 6.05. The number of hydrogen-bond acceptors (Lipinski definition) is 6. The molecule has 0 saturated carbocycles. The molecule has 0 N–H and O–H groups in total. The molecule has 2 atom stereocenters. The summed E-state index contributed by atoms with van der Waals surface area (Å²) in [6.45, 7) is 7.93. The van der Waals surface area contributed by atoms with Gasteiger partial charge in [0.15, 0.2) is 5.84 Å². The largest absolute Gasteiger partial charge is 0.355 e. The van der Waals surface area contributed by atoms with Crippen LogP contribution in [-0.2, 0) is 14.8 Å². The van der Waals surface area contributed by atoms with Gasteiger partial charge in [0.1, 0.15) is 10.9 Å². The number of piperidine rings is 1. The zero-order valence-electron chi connectivity index (χ0n) is 18.1. The second-order valence-corrected chi connectivity index (χ2v) is 10.4. The van der Waals surface area contributed by atoms with Crippen molar-refractivity contribution in [3.63, 3.8) is 0 Å². The zero-order valence-corrected chi connectivity index (χ0v) is 18.9. The number of hydrogen-bond donors (Lipinski definition) is 0. The van der Waals surface area contributed by atoms with Crippen molar-refractivity contribution in [3.8, 4) is 6.07 Å². The third-order valence-electron chi connectivity index (χ3n) is 6.47. The fraction of sp³-hybridized carbons (Fsp3) is 0.591. The summed E-state index contributed by atoms with van der Waals surface area (Å²) in [5.74, 6) is 0.671. The van der Waals surface area contributed by atoms with E-state index in [1.54, 1.807) is 18.2 Å². The van der Waals surface area contributed by atoms with Crippen LogP contribution in [0.25, 0.3) is 0 Å². The summed E-state index contributed by atoms with van der Waals surface area (Å²) >= 11 is 0. The Labute approximate surface area is 184 Å². The van der Waals surface area contributed by atoms with Crippen LogP contribution in [0.15, 0.2) is 33.6 Å². The van der Waals surface area contributed by atoms with Crippen LogP contribution in [0.2, 0.25) is 0 Å². The first kappa shape index (κ1) is 21.8. The minimum atomic E-state index is -3.67. The minimum absolute atomic E-state index is 0.121. The summed E-state index contributed by atoms with van der Waals surface area (Å²) in [5, 5.41) is 9.44. The lowest BCUT2D eigenvalue weighted by Gasteiger charge is -2.41. The third-order valence-corrected chi connectivity index (χ3v) is 7.79. The third kappa shape index (κ3) is 4.19. The van der Waals surface area contributed by atoms with E-state index in [2.05, 4.69) is 15.4 Å². The summed E-state index contributed by atoms with van der Waals surface area (Å²) in [6, 6.07) is 9.14. The summed E-state index contributed by atoms with van der Waals surface area (Å²) < 4.78 is 28.8. The Morgan fingerprint density at radius 2 is 1.87 bits per heavy atom. The Balaban J connectivity index is 1.42. The predicted molar refractivity (Wildman–Crippen MR) is 117 cm³/mol. The van der Waals surface area contributed by atoms with Gasteiger partial charge in [-0.05, 0) is 30.9 Å². The molecule has 3 aliphatic heterocycles. The van der Waals surface area contributed by atoms with Crippen LogP contribution in [0, 0.1) is 23.2 Å². The van der Waals surface area contributed by atoms with Gasteiger partial charge in [-0.15, -0.1) is 4.40 Å². The highest BCUT2D eigenvalue weighted by Gasteiger charge is 2.37. The maximum atomic E-state index is 13.2. The topological polar surface area (TPSA) is 97.1 Å². The van der Waals surface area contributed by atoms with Crippen molar-refractivity contribution < 1.29 is 13.2 Å². The highest BCUT2D eigenvalue weighted by Crippen LogP contribution is 2.30. The Hall–Kier alpha value is -2.44. The Bertz CT molecular complexity index is 1020. The molecule has 0 spiro atoms. The lowest BCUT2D eigenvalue weighted by atomic mass is 9.95. The maximum absolute atomic E-state index is 13.2. The van der Waals surface area contributed by atoms with Crippen molar-refractivity contribution in [2.24, 2.45) is 16.2 Å². The Kier molecular flexibility index (Phi) is 6.04. The Morgan fingerprint density at radius 1 is 1.16 bits per heavy atom. The van der Waals surface area contributed by atoms with Crippen LogP contribution in [0.4, 0.5) is 0 Å². The first-order valence-corrected chi connectivity index (χ1v) is 12.4. The smallest absolute Gasteiger partial charge is 0.285 e. The van der Waals surface area contributed by atoms with Gasteiger partial charge in [-0.3, -0.25) is 9.69 Å². The van der Waals surface area contributed by atoms with Crippen molar-refractivity contribution in [2.75, 3.05) is 39.3 Å². The molecule has 1 aromatic carbocycles. The van der Waals surface area contributed by atoms with Crippen molar-refractivity contribution >= 4 is 21.8 Å². The van der Waals surface area contributed by atoms with Gasteiger partial charge in [-0.25, -0.2) is 0 Å². The van der Waals surface area contributed by atoms with Gasteiger partial charge in [-0.2, -0.15) is 13.7 Å². The van der Waals surface area contributed by atoms with Gasteiger partial charge in [0, 0.05) is 44.8 Å². The SMILES string of the molecule is CC(C)C(C#N)N1CCN(C(=O)C2CCCN(C3=NS(=O)(=O)c4ccccc43)C2)CC1. The number of amidine groups is 1. The van der Waals surface area contributed by atoms with E-state index in [1.807, 2.05) is 29.7 Å².